The van der Waals surface area contributed by atoms with E-state index in [0.29, 0.717) is 12.1 Å². The van der Waals surface area contributed by atoms with Crippen LogP contribution in [0.15, 0.2) is 18.2 Å². The monoisotopic (exact) mass is 251 g/mol. The molecule has 0 spiro atoms. The molecule has 1 fully saturated rings. The SMILES string of the molecule is COc1ccc(CC(=O)CNCC2CC2)cc1F. The second-order valence-corrected chi connectivity index (χ2v) is 4.76. The average molecular weight is 251 g/mol. The van der Waals surface area contributed by atoms with Crippen LogP contribution in [0.2, 0.25) is 0 Å². The molecule has 0 atom stereocenters. The highest BCUT2D eigenvalue weighted by Crippen LogP contribution is 2.27. The second-order valence-electron chi connectivity index (χ2n) is 4.76. The second kappa shape index (κ2) is 5.96. The highest BCUT2D eigenvalue weighted by atomic mass is 19.1. The van der Waals surface area contributed by atoms with Crippen LogP contribution in [0.1, 0.15) is 18.4 Å². The van der Waals surface area contributed by atoms with Gasteiger partial charge in [-0.25, -0.2) is 4.39 Å². The number of carbonyl (C=O) groups is 1. The molecule has 1 aliphatic rings. The van der Waals surface area contributed by atoms with Gasteiger partial charge in [-0.1, -0.05) is 6.07 Å². The van der Waals surface area contributed by atoms with E-state index in [1.165, 1.54) is 26.0 Å². The van der Waals surface area contributed by atoms with Crippen molar-refractivity contribution in [3.05, 3.63) is 29.6 Å². The Kier molecular flexibility index (Phi) is 4.31. The quantitative estimate of drug-likeness (QED) is 0.805. The van der Waals surface area contributed by atoms with Gasteiger partial charge in [-0.05, 0) is 43.0 Å². The summed E-state index contributed by atoms with van der Waals surface area (Å²) in [6.07, 6.45) is 2.80. The normalized spacial score (nSPS) is 14.6. The zero-order valence-corrected chi connectivity index (χ0v) is 10.5. The maximum absolute atomic E-state index is 13.4. The molecule has 0 aliphatic heterocycles. The predicted octanol–water partition coefficient (Wildman–Crippen LogP) is 1.95. The first-order valence-corrected chi connectivity index (χ1v) is 6.24. The molecule has 1 aromatic rings. The van der Waals surface area contributed by atoms with Crippen LogP contribution < -0.4 is 10.1 Å². The lowest BCUT2D eigenvalue weighted by Crippen LogP contribution is -2.26. The largest absolute Gasteiger partial charge is 0.494 e. The van der Waals surface area contributed by atoms with E-state index in [9.17, 15) is 9.18 Å². The molecule has 0 saturated heterocycles. The minimum atomic E-state index is -0.422. The summed E-state index contributed by atoms with van der Waals surface area (Å²) in [6.45, 7) is 1.28. The molecule has 1 aromatic carbocycles. The molecule has 2 rings (SSSR count). The fourth-order valence-corrected chi connectivity index (χ4v) is 1.85. The van der Waals surface area contributed by atoms with Crippen LogP contribution in [0.5, 0.6) is 5.75 Å². The van der Waals surface area contributed by atoms with Gasteiger partial charge in [-0.3, -0.25) is 4.79 Å². The molecule has 3 nitrogen and oxygen atoms in total. The molecule has 1 saturated carbocycles. The Labute approximate surface area is 106 Å². The lowest BCUT2D eigenvalue weighted by molar-refractivity contribution is -0.117. The maximum atomic E-state index is 13.4. The smallest absolute Gasteiger partial charge is 0.165 e. The lowest BCUT2D eigenvalue weighted by Gasteiger charge is -2.06. The third kappa shape index (κ3) is 3.81. The van der Waals surface area contributed by atoms with E-state index in [1.54, 1.807) is 12.1 Å². The van der Waals surface area contributed by atoms with Crippen LogP contribution in [-0.2, 0) is 11.2 Å². The van der Waals surface area contributed by atoms with Gasteiger partial charge in [0.2, 0.25) is 0 Å². The van der Waals surface area contributed by atoms with Crippen LogP contribution in [0.3, 0.4) is 0 Å². The van der Waals surface area contributed by atoms with E-state index in [-0.39, 0.29) is 18.0 Å². The molecular weight excluding hydrogens is 233 g/mol. The van der Waals surface area contributed by atoms with E-state index >= 15 is 0 Å². The number of hydrogen-bond acceptors (Lipinski definition) is 3. The van der Waals surface area contributed by atoms with Crippen LogP contribution >= 0.6 is 0 Å². The molecule has 0 radical (unpaired) electrons. The van der Waals surface area contributed by atoms with Crippen molar-refractivity contribution in [3.63, 3.8) is 0 Å². The molecule has 0 bridgehead atoms. The van der Waals surface area contributed by atoms with Gasteiger partial charge in [0, 0.05) is 6.42 Å². The average Bonchev–Trinajstić information content (AvgIpc) is 3.13. The minimum absolute atomic E-state index is 0.0835. The Morgan fingerprint density at radius 3 is 2.89 bits per heavy atom. The summed E-state index contributed by atoms with van der Waals surface area (Å²) in [5.41, 5.74) is 0.687. The van der Waals surface area contributed by atoms with Crippen molar-refractivity contribution in [1.82, 2.24) is 5.32 Å². The van der Waals surface area contributed by atoms with Crippen molar-refractivity contribution in [2.75, 3.05) is 20.2 Å². The van der Waals surface area contributed by atoms with Gasteiger partial charge in [-0.15, -0.1) is 0 Å². The molecule has 98 valence electrons. The number of nitrogens with one attached hydrogen (secondary N) is 1. The van der Waals surface area contributed by atoms with E-state index in [2.05, 4.69) is 5.32 Å². The number of halogens is 1. The standard InChI is InChI=1S/C14H18FNO2/c1-18-14-5-4-11(7-13(14)15)6-12(17)9-16-8-10-2-3-10/h4-5,7,10,16H,2-3,6,8-9H2,1H3. The van der Waals surface area contributed by atoms with Crippen LogP contribution in [0.4, 0.5) is 4.39 Å². The van der Waals surface area contributed by atoms with Gasteiger partial charge in [0.05, 0.1) is 13.7 Å². The minimum Gasteiger partial charge on any atom is -0.494 e. The summed E-state index contributed by atoms with van der Waals surface area (Å²) < 4.78 is 18.2. The van der Waals surface area contributed by atoms with Crippen molar-refractivity contribution in [1.29, 1.82) is 0 Å². The molecule has 18 heavy (non-hydrogen) atoms. The number of rotatable bonds is 7. The zero-order chi connectivity index (χ0) is 13.0. The summed E-state index contributed by atoms with van der Waals surface area (Å²) in [5.74, 6) is 0.628. The number of ether oxygens (including phenoxy) is 1. The van der Waals surface area contributed by atoms with Gasteiger partial charge in [0.1, 0.15) is 0 Å². The van der Waals surface area contributed by atoms with Gasteiger partial charge in [0.15, 0.2) is 17.3 Å². The molecular formula is C14H18FNO2. The topological polar surface area (TPSA) is 38.3 Å². The predicted molar refractivity (Wildman–Crippen MR) is 67.3 cm³/mol. The summed E-state index contributed by atoms with van der Waals surface area (Å²) in [5, 5.41) is 3.14. The van der Waals surface area contributed by atoms with Crippen molar-refractivity contribution < 1.29 is 13.9 Å². The van der Waals surface area contributed by atoms with Gasteiger partial charge in [-0.2, -0.15) is 0 Å². The lowest BCUT2D eigenvalue weighted by atomic mass is 10.1. The molecule has 1 aliphatic carbocycles. The van der Waals surface area contributed by atoms with Gasteiger partial charge >= 0.3 is 0 Å². The number of Topliss-reactive ketones (excluding diaryl/α,β-unsaturated/α-hetero) is 1. The molecule has 0 aromatic heterocycles. The highest BCUT2D eigenvalue weighted by Gasteiger charge is 2.20. The first kappa shape index (κ1) is 13.0. The van der Waals surface area contributed by atoms with E-state index in [0.717, 1.165) is 12.5 Å². The van der Waals surface area contributed by atoms with Crippen LogP contribution in [0.25, 0.3) is 0 Å². The molecule has 0 heterocycles. The van der Waals surface area contributed by atoms with E-state index in [4.69, 9.17) is 4.74 Å². The van der Waals surface area contributed by atoms with Crippen molar-refractivity contribution >= 4 is 5.78 Å². The highest BCUT2D eigenvalue weighted by molar-refractivity contribution is 5.82. The number of ketones is 1. The van der Waals surface area contributed by atoms with Crippen molar-refractivity contribution in [2.24, 2.45) is 5.92 Å². The van der Waals surface area contributed by atoms with Gasteiger partial charge < -0.3 is 10.1 Å². The molecule has 4 heteroatoms. The van der Waals surface area contributed by atoms with Gasteiger partial charge in [0.25, 0.3) is 0 Å². The number of benzene rings is 1. The third-order valence-electron chi connectivity index (χ3n) is 3.07. The maximum Gasteiger partial charge on any atom is 0.165 e. The van der Waals surface area contributed by atoms with E-state index in [1.807, 2.05) is 0 Å². The Balaban J connectivity index is 1.80. The summed E-state index contributed by atoms with van der Waals surface area (Å²) in [7, 11) is 1.42. The summed E-state index contributed by atoms with van der Waals surface area (Å²) in [6, 6.07) is 4.63. The number of hydrogen-bond donors (Lipinski definition) is 1. The Bertz CT molecular complexity index is 430. The summed E-state index contributed by atoms with van der Waals surface area (Å²) in [4.78, 5) is 11.7. The summed E-state index contributed by atoms with van der Waals surface area (Å²) >= 11 is 0. The zero-order valence-electron chi connectivity index (χ0n) is 10.5. The van der Waals surface area contributed by atoms with Crippen LogP contribution in [0, 0.1) is 11.7 Å². The molecule has 0 amide bonds. The fraction of sp³-hybridized carbons (Fsp3) is 0.500. The number of carbonyl (C=O) groups excluding carboxylic acids is 1. The van der Waals surface area contributed by atoms with Crippen molar-refractivity contribution in [3.8, 4) is 5.75 Å². The third-order valence-corrected chi connectivity index (χ3v) is 3.07. The Morgan fingerprint density at radius 2 is 2.28 bits per heavy atom. The number of methoxy groups -OCH3 is 1. The first-order chi connectivity index (χ1) is 8.69. The Hall–Kier alpha value is -1.42. The van der Waals surface area contributed by atoms with Crippen LogP contribution in [-0.4, -0.2) is 26.0 Å². The van der Waals surface area contributed by atoms with Crippen molar-refractivity contribution in [2.45, 2.75) is 19.3 Å². The molecule has 1 N–H and O–H groups in total. The Morgan fingerprint density at radius 1 is 1.50 bits per heavy atom. The molecule has 0 unspecified atom stereocenters. The fourth-order valence-electron chi connectivity index (χ4n) is 1.85. The first-order valence-electron chi connectivity index (χ1n) is 6.24. The van der Waals surface area contributed by atoms with E-state index < -0.39 is 5.82 Å².